The highest BCUT2D eigenvalue weighted by molar-refractivity contribution is 5.79. The molecule has 0 saturated heterocycles. The lowest BCUT2D eigenvalue weighted by atomic mass is 9.84. The molecule has 1 aliphatic carbocycles. The van der Waals surface area contributed by atoms with Gasteiger partial charge in [0.1, 0.15) is 5.75 Å². The summed E-state index contributed by atoms with van der Waals surface area (Å²) in [6, 6.07) is 7.86. The van der Waals surface area contributed by atoms with Crippen molar-refractivity contribution in [3.63, 3.8) is 0 Å². The third kappa shape index (κ3) is 2.78. The molecule has 1 aliphatic rings. The summed E-state index contributed by atoms with van der Waals surface area (Å²) in [5.41, 5.74) is 1.08. The van der Waals surface area contributed by atoms with Gasteiger partial charge in [0.15, 0.2) is 0 Å². The van der Waals surface area contributed by atoms with Crippen LogP contribution in [0.4, 0.5) is 0 Å². The van der Waals surface area contributed by atoms with Gasteiger partial charge in [0, 0.05) is 5.92 Å². The van der Waals surface area contributed by atoms with Gasteiger partial charge in [-0.3, -0.25) is 4.79 Å². The van der Waals surface area contributed by atoms with E-state index in [9.17, 15) is 4.79 Å². The summed E-state index contributed by atoms with van der Waals surface area (Å²) in [7, 11) is 1.65. The Balaban J connectivity index is 1.98. The third-order valence-corrected chi connectivity index (χ3v) is 3.43. The molecule has 0 heterocycles. The standard InChI is InChI=1S/C14H19NO2/c1-10(15-14(16)11-5-3-6-11)12-7-4-8-13(9-12)17-2/h4,7-11H,3,5-6H2,1-2H3,(H,15,16). The zero-order chi connectivity index (χ0) is 12.3. The first-order valence-electron chi connectivity index (χ1n) is 6.15. The Labute approximate surface area is 102 Å². The third-order valence-electron chi connectivity index (χ3n) is 3.43. The molecule has 0 aliphatic heterocycles. The summed E-state index contributed by atoms with van der Waals surface area (Å²) in [5, 5.41) is 3.05. The van der Waals surface area contributed by atoms with E-state index in [0.29, 0.717) is 0 Å². The van der Waals surface area contributed by atoms with Crippen molar-refractivity contribution in [2.75, 3.05) is 7.11 Å². The molecule has 1 saturated carbocycles. The first-order chi connectivity index (χ1) is 8.20. The van der Waals surface area contributed by atoms with Crippen LogP contribution in [0, 0.1) is 5.92 Å². The number of nitrogens with one attached hydrogen (secondary N) is 1. The van der Waals surface area contributed by atoms with Crippen LogP contribution in [-0.4, -0.2) is 13.0 Å². The molecule has 17 heavy (non-hydrogen) atoms. The van der Waals surface area contributed by atoms with Crippen molar-refractivity contribution in [3.05, 3.63) is 29.8 Å². The number of amides is 1. The van der Waals surface area contributed by atoms with Crippen LogP contribution >= 0.6 is 0 Å². The second kappa shape index (κ2) is 5.21. The number of carbonyl (C=O) groups excluding carboxylic acids is 1. The second-order valence-corrected chi connectivity index (χ2v) is 4.63. The average Bonchev–Trinajstić information content (AvgIpc) is 2.26. The van der Waals surface area contributed by atoms with Gasteiger partial charge in [-0.25, -0.2) is 0 Å². The van der Waals surface area contributed by atoms with Gasteiger partial charge in [0.2, 0.25) is 5.91 Å². The van der Waals surface area contributed by atoms with Crippen molar-refractivity contribution in [1.82, 2.24) is 5.32 Å². The molecule has 0 bridgehead atoms. The number of benzene rings is 1. The van der Waals surface area contributed by atoms with E-state index in [4.69, 9.17) is 4.74 Å². The monoisotopic (exact) mass is 233 g/mol. The van der Waals surface area contributed by atoms with Gasteiger partial charge in [-0.2, -0.15) is 0 Å². The van der Waals surface area contributed by atoms with E-state index >= 15 is 0 Å². The van der Waals surface area contributed by atoms with Crippen molar-refractivity contribution in [2.24, 2.45) is 5.92 Å². The minimum Gasteiger partial charge on any atom is -0.497 e. The number of rotatable bonds is 4. The highest BCUT2D eigenvalue weighted by atomic mass is 16.5. The van der Waals surface area contributed by atoms with Crippen LogP contribution in [0.2, 0.25) is 0 Å². The molecule has 1 aromatic carbocycles. The summed E-state index contributed by atoms with van der Waals surface area (Å²) in [6.07, 6.45) is 3.26. The van der Waals surface area contributed by atoms with Crippen LogP contribution in [0.25, 0.3) is 0 Å². The van der Waals surface area contributed by atoms with E-state index < -0.39 is 0 Å². The van der Waals surface area contributed by atoms with Crippen LogP contribution in [-0.2, 0) is 4.79 Å². The molecule has 0 radical (unpaired) electrons. The molecule has 1 N–H and O–H groups in total. The maximum absolute atomic E-state index is 11.8. The summed E-state index contributed by atoms with van der Waals surface area (Å²) < 4.78 is 5.18. The minimum atomic E-state index is 0.0400. The molecular weight excluding hydrogens is 214 g/mol. The molecule has 1 aromatic rings. The van der Waals surface area contributed by atoms with Gasteiger partial charge in [-0.15, -0.1) is 0 Å². The fourth-order valence-corrected chi connectivity index (χ4v) is 2.00. The van der Waals surface area contributed by atoms with Gasteiger partial charge >= 0.3 is 0 Å². The van der Waals surface area contributed by atoms with Gasteiger partial charge in [-0.05, 0) is 37.5 Å². The highest BCUT2D eigenvalue weighted by Crippen LogP contribution is 2.27. The zero-order valence-corrected chi connectivity index (χ0v) is 10.4. The first kappa shape index (κ1) is 12.0. The van der Waals surface area contributed by atoms with E-state index in [2.05, 4.69) is 5.32 Å². The maximum atomic E-state index is 11.8. The van der Waals surface area contributed by atoms with Crippen LogP contribution < -0.4 is 10.1 Å². The topological polar surface area (TPSA) is 38.3 Å². The van der Waals surface area contributed by atoms with E-state index in [0.717, 1.165) is 24.2 Å². The summed E-state index contributed by atoms with van der Waals surface area (Å²) in [4.78, 5) is 11.8. The van der Waals surface area contributed by atoms with E-state index in [1.807, 2.05) is 31.2 Å². The lowest BCUT2D eigenvalue weighted by Gasteiger charge is -2.26. The molecule has 0 spiro atoms. The lowest BCUT2D eigenvalue weighted by Crippen LogP contribution is -2.35. The van der Waals surface area contributed by atoms with E-state index in [-0.39, 0.29) is 17.9 Å². The molecule has 1 atom stereocenters. The Hall–Kier alpha value is -1.51. The van der Waals surface area contributed by atoms with Gasteiger partial charge in [-0.1, -0.05) is 18.6 Å². The molecule has 92 valence electrons. The van der Waals surface area contributed by atoms with E-state index in [1.165, 1.54) is 6.42 Å². The Bertz CT molecular complexity index is 399. The Morgan fingerprint density at radius 3 is 2.82 bits per heavy atom. The quantitative estimate of drug-likeness (QED) is 0.868. The number of hydrogen-bond acceptors (Lipinski definition) is 2. The van der Waals surface area contributed by atoms with Crippen molar-refractivity contribution in [1.29, 1.82) is 0 Å². The van der Waals surface area contributed by atoms with Gasteiger partial charge in [0.25, 0.3) is 0 Å². The molecule has 2 rings (SSSR count). The van der Waals surface area contributed by atoms with Crippen LogP contribution in [0.1, 0.15) is 37.8 Å². The first-order valence-corrected chi connectivity index (χ1v) is 6.15. The molecule has 3 heteroatoms. The summed E-state index contributed by atoms with van der Waals surface area (Å²) in [6.45, 7) is 2.01. The van der Waals surface area contributed by atoms with Crippen LogP contribution in [0.3, 0.4) is 0 Å². The largest absolute Gasteiger partial charge is 0.497 e. The summed E-state index contributed by atoms with van der Waals surface area (Å²) in [5.74, 6) is 1.25. The fraction of sp³-hybridized carbons (Fsp3) is 0.500. The smallest absolute Gasteiger partial charge is 0.223 e. The molecular formula is C14H19NO2. The molecule has 1 amide bonds. The fourth-order valence-electron chi connectivity index (χ4n) is 2.00. The average molecular weight is 233 g/mol. The Morgan fingerprint density at radius 1 is 1.47 bits per heavy atom. The molecule has 1 fully saturated rings. The van der Waals surface area contributed by atoms with Gasteiger partial charge < -0.3 is 10.1 Å². The van der Waals surface area contributed by atoms with Crippen LogP contribution in [0.5, 0.6) is 5.75 Å². The lowest BCUT2D eigenvalue weighted by molar-refractivity contribution is -0.128. The Morgan fingerprint density at radius 2 is 2.24 bits per heavy atom. The minimum absolute atomic E-state index is 0.0400. The number of hydrogen-bond donors (Lipinski definition) is 1. The van der Waals surface area contributed by atoms with E-state index in [1.54, 1.807) is 7.11 Å². The number of methoxy groups -OCH3 is 1. The maximum Gasteiger partial charge on any atom is 0.223 e. The van der Waals surface area contributed by atoms with Crippen LogP contribution in [0.15, 0.2) is 24.3 Å². The Kier molecular flexibility index (Phi) is 3.67. The second-order valence-electron chi connectivity index (χ2n) is 4.63. The predicted octanol–water partition coefficient (Wildman–Crippen LogP) is 2.67. The number of carbonyl (C=O) groups is 1. The molecule has 0 aromatic heterocycles. The van der Waals surface area contributed by atoms with Crippen molar-refractivity contribution < 1.29 is 9.53 Å². The number of ether oxygens (including phenoxy) is 1. The van der Waals surface area contributed by atoms with Crippen molar-refractivity contribution >= 4 is 5.91 Å². The van der Waals surface area contributed by atoms with Crippen molar-refractivity contribution in [2.45, 2.75) is 32.2 Å². The normalized spacial score (nSPS) is 17.1. The predicted molar refractivity (Wildman–Crippen MR) is 66.9 cm³/mol. The SMILES string of the molecule is COc1cccc(C(C)NC(=O)C2CCC2)c1. The summed E-state index contributed by atoms with van der Waals surface area (Å²) >= 11 is 0. The molecule has 1 unspecified atom stereocenters. The molecule has 3 nitrogen and oxygen atoms in total. The highest BCUT2D eigenvalue weighted by Gasteiger charge is 2.26. The zero-order valence-electron chi connectivity index (χ0n) is 10.4. The van der Waals surface area contributed by atoms with Crippen molar-refractivity contribution in [3.8, 4) is 5.75 Å². The van der Waals surface area contributed by atoms with Gasteiger partial charge in [0.05, 0.1) is 13.2 Å².